The molecule has 0 spiro atoms. The van der Waals surface area contributed by atoms with E-state index in [9.17, 15) is 5.53 Å². The van der Waals surface area contributed by atoms with Crippen molar-refractivity contribution in [2.75, 3.05) is 0 Å². The Morgan fingerprint density at radius 2 is 0.439 bits per heavy atom. The van der Waals surface area contributed by atoms with Gasteiger partial charge in [-0.1, -0.05) is 361 Å². The summed E-state index contributed by atoms with van der Waals surface area (Å²) in [5, 5.41) is 0. The maximum Gasteiger partial charge on any atom is 0.210 e. The number of hydrogen-bond donors (Lipinski definition) is 0. The molecule has 3 rings (SSSR count). The van der Waals surface area contributed by atoms with Gasteiger partial charge >= 0.3 is 0 Å². The predicted octanol–water partition coefficient (Wildman–Crippen LogP) is 28.2. The highest BCUT2D eigenvalue weighted by Gasteiger charge is 2.30. The van der Waals surface area contributed by atoms with E-state index in [0.29, 0.717) is 0 Å². The number of hydrogen-bond acceptors (Lipinski definition) is 0. The fourth-order valence-electron chi connectivity index (χ4n) is 13.4. The van der Waals surface area contributed by atoms with Gasteiger partial charge in [0.1, 0.15) is 0 Å². The van der Waals surface area contributed by atoms with Gasteiger partial charge in [0.25, 0.3) is 0 Å². The zero-order chi connectivity index (χ0) is 58.4. The first-order chi connectivity index (χ1) is 40.5. The van der Waals surface area contributed by atoms with Gasteiger partial charge in [-0.15, -0.1) is 0 Å². The van der Waals surface area contributed by atoms with E-state index in [4.69, 9.17) is 0 Å². The molecule has 0 saturated carbocycles. The standard InChI is InChI=1S/C80H140N2/c1-6-11-16-20-24-26-28-30-32-34-36-38-40-42-44-46-48-50-54-58-60-72-65-73(61-59-55-51-49-47-45-43-41-39-37-35-33-31-29-27-25-21-17-12-7-2)68-77(67-72)79-71-76(64-15-10-5)80(82(79)81)78-69-74(62-56-52-22-18-13-8-3)66-75(70-78)63-57-53-23-19-14-9-4/h65-71H,6-64H2,1-5H3. The SMILES string of the molecule is CCCCCCCCCCCCCCCCCCCCCCc1cc(CCCCCCCCCCCCCCCCCCCCCC)cc(C2=CC(CCCC)=C(c3cc(CCCCCCCC)cc(CCCCCCCC)c3)[N+]2=[N-])c1. The monoisotopic (exact) mass is 1130 g/mol. The molecule has 1 aliphatic heterocycles. The summed E-state index contributed by atoms with van der Waals surface area (Å²) in [5.74, 6) is 0. The molecule has 2 heteroatoms. The average molecular weight is 1130 g/mol. The highest BCUT2D eigenvalue weighted by atomic mass is 15.2. The quantitative estimate of drug-likeness (QED) is 0.0466. The van der Waals surface area contributed by atoms with Gasteiger partial charge in [0, 0.05) is 22.8 Å². The van der Waals surface area contributed by atoms with Crippen LogP contribution in [-0.4, -0.2) is 4.70 Å². The molecule has 1 aliphatic rings. The molecular formula is C80H140N2. The molecule has 0 bridgehead atoms. The lowest BCUT2D eigenvalue weighted by Crippen LogP contribution is -2.05. The van der Waals surface area contributed by atoms with Crippen LogP contribution in [0.3, 0.4) is 0 Å². The molecule has 0 radical (unpaired) electrons. The Labute approximate surface area is 513 Å². The van der Waals surface area contributed by atoms with E-state index >= 15 is 0 Å². The Hall–Kier alpha value is -2.48. The van der Waals surface area contributed by atoms with Crippen molar-refractivity contribution in [1.29, 1.82) is 0 Å². The minimum atomic E-state index is 0.995. The highest BCUT2D eigenvalue weighted by Crippen LogP contribution is 2.39. The van der Waals surface area contributed by atoms with Gasteiger partial charge in [0.2, 0.25) is 11.4 Å². The second-order valence-corrected chi connectivity index (χ2v) is 26.9. The summed E-state index contributed by atoms with van der Waals surface area (Å²) in [5.41, 5.74) is 24.3. The first-order valence-electron chi connectivity index (χ1n) is 37.7. The lowest BCUT2D eigenvalue weighted by Gasteiger charge is -2.15. The zero-order valence-electron chi connectivity index (χ0n) is 56.2. The van der Waals surface area contributed by atoms with Gasteiger partial charge in [-0.25, -0.2) is 4.70 Å². The Bertz CT molecular complexity index is 1750. The molecule has 2 aromatic carbocycles. The summed E-state index contributed by atoms with van der Waals surface area (Å²) in [6, 6.07) is 14.9. The van der Waals surface area contributed by atoms with Crippen LogP contribution in [-0.2, 0) is 25.7 Å². The fourth-order valence-corrected chi connectivity index (χ4v) is 13.4. The number of allylic oxidation sites excluding steroid dienone is 2. The molecule has 0 aromatic heterocycles. The molecule has 0 N–H and O–H groups in total. The topological polar surface area (TPSA) is 25.3 Å². The predicted molar refractivity (Wildman–Crippen MR) is 369 cm³/mol. The van der Waals surface area contributed by atoms with Crippen LogP contribution in [0.15, 0.2) is 48.0 Å². The van der Waals surface area contributed by atoms with Crippen molar-refractivity contribution in [2.45, 2.75) is 413 Å². The van der Waals surface area contributed by atoms with Crippen LogP contribution < -0.4 is 0 Å². The van der Waals surface area contributed by atoms with Crippen molar-refractivity contribution in [3.8, 4) is 0 Å². The molecule has 0 unspecified atom stereocenters. The first-order valence-corrected chi connectivity index (χ1v) is 37.7. The molecule has 470 valence electrons. The largest absolute Gasteiger partial charge is 0.493 e. The van der Waals surface area contributed by atoms with Crippen LogP contribution in [0.1, 0.15) is 421 Å². The van der Waals surface area contributed by atoms with Crippen LogP contribution in [0, 0.1) is 0 Å². The number of unbranched alkanes of at least 4 members (excludes halogenated alkanes) is 49. The first kappa shape index (κ1) is 73.8. The Morgan fingerprint density at radius 3 is 0.671 bits per heavy atom. The molecule has 1 heterocycles. The van der Waals surface area contributed by atoms with Gasteiger partial charge in [0.05, 0.1) is 0 Å². The van der Waals surface area contributed by atoms with Crippen LogP contribution in [0.25, 0.3) is 16.9 Å². The van der Waals surface area contributed by atoms with Gasteiger partial charge < -0.3 is 5.53 Å². The van der Waals surface area contributed by atoms with Gasteiger partial charge in [-0.05, 0) is 111 Å². The van der Waals surface area contributed by atoms with E-state index in [1.807, 2.05) is 0 Å². The lowest BCUT2D eigenvalue weighted by atomic mass is 9.94. The van der Waals surface area contributed by atoms with Gasteiger partial charge in [-0.2, -0.15) is 0 Å². The van der Waals surface area contributed by atoms with Crippen molar-refractivity contribution in [3.63, 3.8) is 0 Å². The van der Waals surface area contributed by atoms with E-state index in [2.05, 4.69) is 77.1 Å². The molecule has 0 aliphatic carbocycles. The van der Waals surface area contributed by atoms with Crippen molar-refractivity contribution < 1.29 is 4.70 Å². The molecular weight excluding hydrogens is 989 g/mol. The van der Waals surface area contributed by atoms with E-state index in [0.717, 1.165) is 56.3 Å². The number of benzene rings is 2. The van der Waals surface area contributed by atoms with Crippen molar-refractivity contribution in [2.24, 2.45) is 0 Å². The van der Waals surface area contributed by atoms with E-state index in [1.165, 1.54) is 373 Å². The number of rotatable bonds is 61. The van der Waals surface area contributed by atoms with Crippen LogP contribution in [0.2, 0.25) is 0 Å². The smallest absolute Gasteiger partial charge is 0.210 e. The molecule has 82 heavy (non-hydrogen) atoms. The third-order valence-corrected chi connectivity index (χ3v) is 18.8. The van der Waals surface area contributed by atoms with E-state index < -0.39 is 0 Å². The van der Waals surface area contributed by atoms with E-state index in [1.54, 1.807) is 4.70 Å². The average Bonchev–Trinajstić information content (AvgIpc) is 3.98. The fraction of sp³-hybridized carbons (Fsp3) is 0.800. The minimum Gasteiger partial charge on any atom is -0.493 e. The summed E-state index contributed by atoms with van der Waals surface area (Å²) in [6.07, 6.45) is 83.1. The maximum absolute atomic E-state index is 12.6. The van der Waals surface area contributed by atoms with Crippen molar-refractivity contribution in [3.05, 3.63) is 87.0 Å². The number of aryl methyl sites for hydroxylation is 4. The van der Waals surface area contributed by atoms with Crippen LogP contribution in [0.4, 0.5) is 0 Å². The Balaban J connectivity index is 1.58. The summed E-state index contributed by atoms with van der Waals surface area (Å²) < 4.78 is 1.64. The summed E-state index contributed by atoms with van der Waals surface area (Å²) in [6.45, 7) is 11.6. The van der Waals surface area contributed by atoms with Crippen LogP contribution >= 0.6 is 0 Å². The second kappa shape index (κ2) is 54.0. The minimum absolute atomic E-state index is 0.995. The molecule has 0 saturated heterocycles. The third-order valence-electron chi connectivity index (χ3n) is 18.8. The van der Waals surface area contributed by atoms with Gasteiger partial charge in [0.15, 0.2) is 0 Å². The molecule has 2 aromatic rings. The molecule has 0 atom stereocenters. The summed E-state index contributed by atoms with van der Waals surface area (Å²) >= 11 is 0. The lowest BCUT2D eigenvalue weighted by molar-refractivity contribution is -0.344. The van der Waals surface area contributed by atoms with Gasteiger partial charge in [-0.3, -0.25) is 0 Å². The summed E-state index contributed by atoms with van der Waals surface area (Å²) in [7, 11) is 0. The molecule has 0 fully saturated rings. The summed E-state index contributed by atoms with van der Waals surface area (Å²) in [4.78, 5) is 0. The maximum atomic E-state index is 12.6. The van der Waals surface area contributed by atoms with Crippen molar-refractivity contribution >= 4 is 11.4 Å². The number of nitrogens with zero attached hydrogens (tertiary/aromatic N) is 2. The molecule has 2 nitrogen and oxygen atoms in total. The molecule has 0 amide bonds. The normalized spacial score (nSPS) is 12.7. The van der Waals surface area contributed by atoms with Crippen molar-refractivity contribution in [1.82, 2.24) is 0 Å². The second-order valence-electron chi connectivity index (χ2n) is 26.9. The van der Waals surface area contributed by atoms with E-state index in [-0.39, 0.29) is 0 Å². The third kappa shape index (κ3) is 37.8. The Kier molecular flexibility index (Phi) is 48.5. The zero-order valence-corrected chi connectivity index (χ0v) is 56.2. The highest BCUT2D eigenvalue weighted by molar-refractivity contribution is 5.79. The Morgan fingerprint density at radius 1 is 0.232 bits per heavy atom. The van der Waals surface area contributed by atoms with Crippen LogP contribution in [0.5, 0.6) is 0 Å².